The number of likely N-dealkylation sites (N-methyl/N-ethyl adjacent to an activating group) is 1. The number of rotatable bonds is 5. The molecule has 0 saturated carbocycles. The minimum absolute atomic E-state index is 0.0421. The molecule has 0 amide bonds. The van der Waals surface area contributed by atoms with Gasteiger partial charge < -0.3 is 20.1 Å². The van der Waals surface area contributed by atoms with Crippen LogP contribution < -0.4 is 15.4 Å². The highest BCUT2D eigenvalue weighted by atomic mass is 16.5. The molecule has 1 aromatic rings. The molecule has 118 valence electrons. The number of anilines is 1. The van der Waals surface area contributed by atoms with Crippen molar-refractivity contribution in [2.75, 3.05) is 32.2 Å². The topological polar surface area (TPSA) is 47.7 Å². The van der Waals surface area contributed by atoms with E-state index in [0.717, 1.165) is 30.9 Å². The first-order valence-electron chi connectivity index (χ1n) is 7.72. The number of benzene rings is 1. The van der Waals surface area contributed by atoms with Crippen LogP contribution in [0, 0.1) is 5.92 Å². The van der Waals surface area contributed by atoms with E-state index >= 15 is 0 Å². The summed E-state index contributed by atoms with van der Waals surface area (Å²) in [4.78, 5) is 2.31. The molecule has 2 N–H and O–H groups in total. The number of ether oxygens (including phenoxy) is 2. The molecular formula is C17H28N2O2. The normalized spacial score (nSPS) is 25.9. The molecular weight excluding hydrogens is 264 g/mol. The maximum Gasteiger partial charge on any atom is 0.120 e. The molecule has 0 aliphatic carbocycles. The number of methoxy groups -OCH3 is 1. The Morgan fingerprint density at radius 1 is 1.48 bits per heavy atom. The van der Waals surface area contributed by atoms with Crippen LogP contribution >= 0.6 is 0 Å². The van der Waals surface area contributed by atoms with Crippen molar-refractivity contribution < 1.29 is 9.47 Å². The average Bonchev–Trinajstić information content (AvgIpc) is 2.54. The van der Waals surface area contributed by atoms with Crippen LogP contribution in [-0.4, -0.2) is 39.0 Å². The molecule has 21 heavy (non-hydrogen) atoms. The van der Waals surface area contributed by atoms with Crippen LogP contribution in [0.15, 0.2) is 24.3 Å². The predicted octanol–water partition coefficient (Wildman–Crippen LogP) is 2.66. The van der Waals surface area contributed by atoms with E-state index in [2.05, 4.69) is 37.9 Å². The van der Waals surface area contributed by atoms with Crippen LogP contribution in [0.3, 0.4) is 0 Å². The molecule has 1 aliphatic heterocycles. The van der Waals surface area contributed by atoms with E-state index in [0.29, 0.717) is 12.5 Å². The van der Waals surface area contributed by atoms with Gasteiger partial charge in [-0.3, -0.25) is 0 Å². The molecule has 1 aliphatic rings. The van der Waals surface area contributed by atoms with E-state index in [9.17, 15) is 0 Å². The molecule has 2 atom stereocenters. The van der Waals surface area contributed by atoms with Crippen molar-refractivity contribution in [3.8, 4) is 5.75 Å². The molecule has 1 heterocycles. The summed E-state index contributed by atoms with van der Waals surface area (Å²) >= 11 is 0. The van der Waals surface area contributed by atoms with Crippen molar-refractivity contribution in [2.45, 2.75) is 38.3 Å². The first kappa shape index (κ1) is 16.1. The first-order chi connectivity index (χ1) is 10.0. The molecule has 4 heteroatoms. The summed E-state index contributed by atoms with van der Waals surface area (Å²) in [6.45, 7) is 5.83. The van der Waals surface area contributed by atoms with Crippen molar-refractivity contribution in [1.82, 2.24) is 0 Å². The van der Waals surface area contributed by atoms with Crippen LogP contribution in [0.2, 0.25) is 0 Å². The number of nitrogens with two attached hydrogens (primary N) is 1. The fourth-order valence-electron chi connectivity index (χ4n) is 3.08. The van der Waals surface area contributed by atoms with Gasteiger partial charge in [-0.1, -0.05) is 19.9 Å². The standard InChI is InChI=1S/C17H28N2O2/c1-13(2)16-11-17(12-18,8-9-21-16)19(3)14-6-5-7-15(10-14)20-4/h5-7,10,13,16H,8-9,11-12,18H2,1-4H3. The van der Waals surface area contributed by atoms with Gasteiger partial charge in [0.25, 0.3) is 0 Å². The summed E-state index contributed by atoms with van der Waals surface area (Å²) < 4.78 is 11.3. The molecule has 2 unspecified atom stereocenters. The second kappa shape index (κ2) is 6.67. The molecule has 0 spiro atoms. The Labute approximate surface area is 128 Å². The molecule has 1 aromatic carbocycles. The Balaban J connectivity index is 2.26. The molecule has 4 nitrogen and oxygen atoms in total. The summed E-state index contributed by atoms with van der Waals surface area (Å²) in [5.41, 5.74) is 7.28. The van der Waals surface area contributed by atoms with E-state index in [4.69, 9.17) is 15.2 Å². The fourth-order valence-corrected chi connectivity index (χ4v) is 3.08. The highest BCUT2D eigenvalue weighted by Crippen LogP contribution is 2.36. The van der Waals surface area contributed by atoms with E-state index in [-0.39, 0.29) is 11.6 Å². The van der Waals surface area contributed by atoms with Gasteiger partial charge in [0.1, 0.15) is 5.75 Å². The summed E-state index contributed by atoms with van der Waals surface area (Å²) in [6.07, 6.45) is 2.20. The summed E-state index contributed by atoms with van der Waals surface area (Å²) in [5, 5.41) is 0. The number of hydrogen-bond acceptors (Lipinski definition) is 4. The molecule has 0 bridgehead atoms. The summed E-state index contributed by atoms with van der Waals surface area (Å²) in [5.74, 6) is 1.38. The Kier molecular flexibility index (Phi) is 5.12. The zero-order chi connectivity index (χ0) is 15.5. The van der Waals surface area contributed by atoms with Crippen LogP contribution in [-0.2, 0) is 4.74 Å². The van der Waals surface area contributed by atoms with Crippen LogP contribution in [0.1, 0.15) is 26.7 Å². The van der Waals surface area contributed by atoms with Crippen molar-refractivity contribution in [3.63, 3.8) is 0 Å². The maximum absolute atomic E-state index is 6.18. The first-order valence-corrected chi connectivity index (χ1v) is 7.72. The minimum atomic E-state index is -0.0421. The van der Waals surface area contributed by atoms with Crippen molar-refractivity contribution in [3.05, 3.63) is 24.3 Å². The van der Waals surface area contributed by atoms with Crippen LogP contribution in [0.5, 0.6) is 5.75 Å². The smallest absolute Gasteiger partial charge is 0.120 e. The highest BCUT2D eigenvalue weighted by Gasteiger charge is 2.40. The van der Waals surface area contributed by atoms with E-state index < -0.39 is 0 Å². The fraction of sp³-hybridized carbons (Fsp3) is 0.647. The third-order valence-electron chi connectivity index (χ3n) is 4.76. The molecule has 0 radical (unpaired) electrons. The number of hydrogen-bond donors (Lipinski definition) is 1. The lowest BCUT2D eigenvalue weighted by molar-refractivity contribution is -0.0412. The summed E-state index contributed by atoms with van der Waals surface area (Å²) in [7, 11) is 3.82. The largest absolute Gasteiger partial charge is 0.497 e. The van der Waals surface area contributed by atoms with Gasteiger partial charge in [0, 0.05) is 32.0 Å². The SMILES string of the molecule is COc1cccc(N(C)C2(CN)CCOC(C(C)C)C2)c1. The third-order valence-corrected chi connectivity index (χ3v) is 4.76. The molecule has 1 saturated heterocycles. The van der Waals surface area contributed by atoms with Crippen molar-refractivity contribution >= 4 is 5.69 Å². The zero-order valence-electron chi connectivity index (χ0n) is 13.6. The Hall–Kier alpha value is -1.26. The maximum atomic E-state index is 6.18. The van der Waals surface area contributed by atoms with Gasteiger partial charge >= 0.3 is 0 Å². The van der Waals surface area contributed by atoms with E-state index in [1.807, 2.05) is 12.1 Å². The summed E-state index contributed by atoms with van der Waals surface area (Å²) in [6, 6.07) is 8.17. The Bertz CT molecular complexity index is 464. The van der Waals surface area contributed by atoms with Gasteiger partial charge in [-0.2, -0.15) is 0 Å². The van der Waals surface area contributed by atoms with E-state index in [1.165, 1.54) is 0 Å². The molecule has 2 rings (SSSR count). The monoisotopic (exact) mass is 292 g/mol. The Morgan fingerprint density at radius 3 is 2.86 bits per heavy atom. The van der Waals surface area contributed by atoms with Gasteiger partial charge in [-0.05, 0) is 30.9 Å². The molecule has 1 fully saturated rings. The lowest BCUT2D eigenvalue weighted by Crippen LogP contribution is -2.58. The zero-order valence-corrected chi connectivity index (χ0v) is 13.6. The quantitative estimate of drug-likeness (QED) is 0.906. The van der Waals surface area contributed by atoms with E-state index in [1.54, 1.807) is 7.11 Å². The third kappa shape index (κ3) is 3.33. The second-order valence-corrected chi connectivity index (χ2v) is 6.30. The minimum Gasteiger partial charge on any atom is -0.497 e. The van der Waals surface area contributed by atoms with Gasteiger partial charge in [0.15, 0.2) is 0 Å². The van der Waals surface area contributed by atoms with Gasteiger partial charge in [-0.15, -0.1) is 0 Å². The van der Waals surface area contributed by atoms with Gasteiger partial charge in [0.05, 0.1) is 18.8 Å². The van der Waals surface area contributed by atoms with Crippen LogP contribution in [0.25, 0.3) is 0 Å². The van der Waals surface area contributed by atoms with Crippen molar-refractivity contribution in [2.24, 2.45) is 11.7 Å². The van der Waals surface area contributed by atoms with Crippen LogP contribution in [0.4, 0.5) is 5.69 Å². The van der Waals surface area contributed by atoms with Crippen molar-refractivity contribution in [1.29, 1.82) is 0 Å². The second-order valence-electron chi connectivity index (χ2n) is 6.30. The van der Waals surface area contributed by atoms with Gasteiger partial charge in [-0.25, -0.2) is 0 Å². The lowest BCUT2D eigenvalue weighted by atomic mass is 9.81. The highest BCUT2D eigenvalue weighted by molar-refractivity contribution is 5.52. The average molecular weight is 292 g/mol. The van der Waals surface area contributed by atoms with Gasteiger partial charge in [0.2, 0.25) is 0 Å². The lowest BCUT2D eigenvalue weighted by Gasteiger charge is -2.48. The number of nitrogens with zero attached hydrogens (tertiary/aromatic N) is 1. The predicted molar refractivity (Wildman–Crippen MR) is 87.0 cm³/mol. The Morgan fingerprint density at radius 2 is 2.24 bits per heavy atom. The molecule has 0 aromatic heterocycles.